The van der Waals surface area contributed by atoms with Crippen LogP contribution in [0.15, 0.2) is 60.3 Å². The molecule has 2 rings (SSSR count). The van der Waals surface area contributed by atoms with Crippen molar-refractivity contribution >= 4 is 17.6 Å². The molecule has 0 saturated carbocycles. The minimum Gasteiger partial charge on any atom is -0.472 e. The molecule has 0 spiro atoms. The third-order valence-electron chi connectivity index (χ3n) is 2.97. The van der Waals surface area contributed by atoms with Gasteiger partial charge in [-0.05, 0) is 42.8 Å². The van der Waals surface area contributed by atoms with Crippen molar-refractivity contribution in [3.8, 4) is 11.6 Å². The monoisotopic (exact) mass is 332 g/mol. The van der Waals surface area contributed by atoms with Gasteiger partial charge in [0, 0.05) is 17.3 Å². The smallest absolute Gasteiger partial charge is 0.337 e. The zero-order valence-electron chi connectivity index (χ0n) is 13.0. The average molecular weight is 333 g/mol. The number of ether oxygens (including phenoxy) is 2. The third-order valence-corrected chi connectivity index (χ3v) is 3.22. The summed E-state index contributed by atoms with van der Waals surface area (Å²) in [5.41, 5.74) is 2.00. The molecule has 0 aliphatic rings. The quantitative estimate of drug-likeness (QED) is 0.461. The Hall–Kier alpha value is -2.53. The Morgan fingerprint density at radius 2 is 2.04 bits per heavy atom. The molecule has 0 saturated heterocycles. The molecule has 0 amide bonds. The zero-order chi connectivity index (χ0) is 16.8. The zero-order valence-corrected chi connectivity index (χ0v) is 13.7. The summed E-state index contributed by atoms with van der Waals surface area (Å²) in [5, 5.41) is 4.99. The maximum absolute atomic E-state index is 11.3. The second-order valence-electron chi connectivity index (χ2n) is 4.87. The molecule has 0 unspecified atom stereocenters. The van der Waals surface area contributed by atoms with Crippen LogP contribution in [-0.2, 0) is 9.53 Å². The molecule has 5 nitrogen and oxygen atoms in total. The van der Waals surface area contributed by atoms with Gasteiger partial charge in [0.15, 0.2) is 0 Å². The molecule has 0 atom stereocenters. The van der Waals surface area contributed by atoms with E-state index in [-0.39, 0.29) is 5.57 Å². The highest BCUT2D eigenvalue weighted by molar-refractivity contribution is 6.30. The number of nitrogens with zero attached hydrogens (tertiary/aromatic N) is 2. The van der Waals surface area contributed by atoms with Gasteiger partial charge in [-0.25, -0.2) is 9.48 Å². The lowest BCUT2D eigenvalue weighted by Gasteiger charge is -2.04. The molecule has 0 aliphatic carbocycles. The van der Waals surface area contributed by atoms with Crippen LogP contribution in [0.2, 0.25) is 5.02 Å². The van der Waals surface area contributed by atoms with Gasteiger partial charge in [0.1, 0.15) is 6.61 Å². The largest absolute Gasteiger partial charge is 0.472 e. The van der Waals surface area contributed by atoms with Crippen molar-refractivity contribution < 1.29 is 14.3 Å². The highest BCUT2D eigenvalue weighted by atomic mass is 35.5. The summed E-state index contributed by atoms with van der Waals surface area (Å²) in [5.74, 6) is 0.0211. The minimum atomic E-state index is -0.462. The number of benzene rings is 1. The normalized spacial score (nSPS) is 11.2. The molecule has 1 aromatic heterocycles. The molecule has 6 heteroatoms. The van der Waals surface area contributed by atoms with Gasteiger partial charge in [-0.15, -0.1) is 5.10 Å². The van der Waals surface area contributed by atoms with Gasteiger partial charge >= 0.3 is 5.97 Å². The third kappa shape index (κ3) is 4.72. The number of aromatic nitrogens is 2. The van der Waals surface area contributed by atoms with E-state index < -0.39 is 5.97 Å². The summed E-state index contributed by atoms with van der Waals surface area (Å²) >= 11 is 5.86. The van der Waals surface area contributed by atoms with Crippen LogP contribution in [0.5, 0.6) is 5.88 Å². The second-order valence-corrected chi connectivity index (χ2v) is 5.31. The summed E-state index contributed by atoms with van der Waals surface area (Å²) in [6.07, 6.45) is 3.42. The fraction of sp³-hybridized carbons (Fsp3) is 0.176. The molecule has 0 bridgehead atoms. The van der Waals surface area contributed by atoms with Crippen molar-refractivity contribution in [1.82, 2.24) is 9.78 Å². The Morgan fingerprint density at radius 3 is 2.70 bits per heavy atom. The Kier molecular flexibility index (Phi) is 5.60. The van der Waals surface area contributed by atoms with Crippen LogP contribution in [0.1, 0.15) is 6.92 Å². The highest BCUT2D eigenvalue weighted by Crippen LogP contribution is 2.15. The van der Waals surface area contributed by atoms with Crippen LogP contribution >= 0.6 is 11.6 Å². The summed E-state index contributed by atoms with van der Waals surface area (Å²) in [7, 11) is 1.32. The molecule has 1 aromatic carbocycles. The van der Waals surface area contributed by atoms with Gasteiger partial charge in [0.05, 0.1) is 18.4 Å². The molecule has 0 aliphatic heterocycles. The fourth-order valence-corrected chi connectivity index (χ4v) is 1.96. The van der Waals surface area contributed by atoms with Gasteiger partial charge < -0.3 is 9.47 Å². The topological polar surface area (TPSA) is 53.4 Å². The molecule has 120 valence electrons. The predicted molar refractivity (Wildman–Crippen MR) is 89.0 cm³/mol. The standard InChI is InChI=1S/C17H17ClN2O3/c1-12(10-13(2)17(21)22-3)11-23-16-8-9-20(19-16)15-6-4-14(18)5-7-15/h4-10H,2,11H2,1,3H3/b12-10-. The number of hydrogen-bond donors (Lipinski definition) is 0. The number of hydrogen-bond acceptors (Lipinski definition) is 4. The van der Waals surface area contributed by atoms with Gasteiger partial charge in [-0.1, -0.05) is 18.2 Å². The summed E-state index contributed by atoms with van der Waals surface area (Å²) in [6.45, 7) is 5.77. The number of carbonyl (C=O) groups is 1. The summed E-state index contributed by atoms with van der Waals surface area (Å²) < 4.78 is 11.9. The molecule has 2 aromatic rings. The molecule has 23 heavy (non-hydrogen) atoms. The van der Waals surface area contributed by atoms with Crippen LogP contribution in [-0.4, -0.2) is 29.5 Å². The van der Waals surface area contributed by atoms with Crippen molar-refractivity contribution in [1.29, 1.82) is 0 Å². The highest BCUT2D eigenvalue weighted by Gasteiger charge is 2.05. The van der Waals surface area contributed by atoms with E-state index in [1.165, 1.54) is 7.11 Å². The fourth-order valence-electron chi connectivity index (χ4n) is 1.84. The number of esters is 1. The van der Waals surface area contributed by atoms with E-state index in [0.717, 1.165) is 11.3 Å². The first kappa shape index (κ1) is 16.8. The Labute approximate surface area is 139 Å². The van der Waals surface area contributed by atoms with Crippen LogP contribution in [0.4, 0.5) is 0 Å². The van der Waals surface area contributed by atoms with E-state index in [9.17, 15) is 4.79 Å². The van der Waals surface area contributed by atoms with E-state index in [0.29, 0.717) is 17.5 Å². The summed E-state index contributed by atoms with van der Waals surface area (Å²) in [4.78, 5) is 11.3. The van der Waals surface area contributed by atoms with Crippen molar-refractivity contribution in [2.75, 3.05) is 13.7 Å². The maximum Gasteiger partial charge on any atom is 0.337 e. The molecule has 1 heterocycles. The predicted octanol–water partition coefficient (Wildman–Crippen LogP) is 3.58. The number of halogens is 1. The van der Waals surface area contributed by atoms with Crippen molar-refractivity contribution in [2.24, 2.45) is 0 Å². The van der Waals surface area contributed by atoms with Crippen molar-refractivity contribution in [2.45, 2.75) is 6.92 Å². The second kappa shape index (κ2) is 7.65. The van der Waals surface area contributed by atoms with E-state index in [1.54, 1.807) is 35.2 Å². The molecule has 0 N–H and O–H groups in total. The first-order valence-electron chi connectivity index (χ1n) is 6.88. The van der Waals surface area contributed by atoms with E-state index in [1.807, 2.05) is 19.1 Å². The first-order chi connectivity index (χ1) is 11.0. The maximum atomic E-state index is 11.3. The van der Waals surface area contributed by atoms with E-state index in [2.05, 4.69) is 16.4 Å². The SMILES string of the molecule is C=C(/C=C(/C)COc1ccn(-c2ccc(Cl)cc2)n1)C(=O)OC. The summed E-state index contributed by atoms with van der Waals surface area (Å²) in [6, 6.07) is 9.08. The van der Waals surface area contributed by atoms with Crippen LogP contribution in [0, 0.1) is 0 Å². The first-order valence-corrected chi connectivity index (χ1v) is 7.26. The Morgan fingerprint density at radius 1 is 1.35 bits per heavy atom. The van der Waals surface area contributed by atoms with Crippen molar-refractivity contribution in [3.05, 3.63) is 65.4 Å². The Bertz CT molecular complexity index is 733. The number of carbonyl (C=O) groups excluding carboxylic acids is 1. The van der Waals surface area contributed by atoms with Crippen LogP contribution in [0.25, 0.3) is 5.69 Å². The Balaban J connectivity index is 1.97. The average Bonchev–Trinajstić information content (AvgIpc) is 3.01. The van der Waals surface area contributed by atoms with E-state index in [4.69, 9.17) is 16.3 Å². The molecule has 0 radical (unpaired) electrons. The molecular formula is C17H17ClN2O3. The van der Waals surface area contributed by atoms with Gasteiger partial charge in [0.2, 0.25) is 5.88 Å². The van der Waals surface area contributed by atoms with E-state index >= 15 is 0 Å². The lowest BCUT2D eigenvalue weighted by Crippen LogP contribution is -2.05. The van der Waals surface area contributed by atoms with Crippen LogP contribution in [0.3, 0.4) is 0 Å². The number of rotatable bonds is 6. The lowest BCUT2D eigenvalue weighted by molar-refractivity contribution is -0.135. The molecule has 0 fully saturated rings. The number of methoxy groups -OCH3 is 1. The minimum absolute atomic E-state index is 0.278. The molecular weight excluding hydrogens is 316 g/mol. The van der Waals surface area contributed by atoms with Crippen molar-refractivity contribution in [3.63, 3.8) is 0 Å². The van der Waals surface area contributed by atoms with Crippen LogP contribution < -0.4 is 4.74 Å². The van der Waals surface area contributed by atoms with Gasteiger partial charge in [0.25, 0.3) is 0 Å². The van der Waals surface area contributed by atoms with Gasteiger partial charge in [-0.2, -0.15) is 0 Å². The lowest BCUT2D eigenvalue weighted by atomic mass is 10.2. The van der Waals surface area contributed by atoms with Gasteiger partial charge in [-0.3, -0.25) is 0 Å².